The van der Waals surface area contributed by atoms with Crippen molar-refractivity contribution < 1.29 is 27.6 Å². The number of piperazine rings is 1. The van der Waals surface area contributed by atoms with Crippen LogP contribution in [-0.2, 0) is 42.2 Å². The normalized spacial score (nSPS) is 19.7. The third-order valence-electron chi connectivity index (χ3n) is 9.65. The van der Waals surface area contributed by atoms with E-state index in [4.69, 9.17) is 11.5 Å². The first-order valence-corrected chi connectivity index (χ1v) is 19.5. The SMILES string of the molecule is CC(C)CC(NC(=O)C(Cc1ccccc1)NC(=O)C(N)Cc1ccccc1)C(=O)NC(CCCCN)C(=O)N1C2CC1CN(S(=O)(=O)N(C)C)C2. The largest absolute Gasteiger partial charge is 0.343 e. The first kappa shape index (κ1) is 40.9. The van der Waals surface area contributed by atoms with Crippen LogP contribution in [0.1, 0.15) is 57.1 Å². The minimum Gasteiger partial charge on any atom is -0.343 e. The smallest absolute Gasteiger partial charge is 0.281 e. The van der Waals surface area contributed by atoms with Crippen LogP contribution >= 0.6 is 0 Å². The minimum absolute atomic E-state index is 0.00303. The van der Waals surface area contributed by atoms with Crippen molar-refractivity contribution >= 4 is 33.8 Å². The number of likely N-dealkylation sites (tertiary alicyclic amines) is 1. The summed E-state index contributed by atoms with van der Waals surface area (Å²) in [5.41, 5.74) is 13.7. The van der Waals surface area contributed by atoms with E-state index in [1.165, 1.54) is 18.4 Å². The van der Waals surface area contributed by atoms with E-state index in [-0.39, 0.29) is 56.3 Å². The highest BCUT2D eigenvalue weighted by molar-refractivity contribution is 7.86. The Balaban J connectivity index is 1.49. The minimum atomic E-state index is -3.63. The highest BCUT2D eigenvalue weighted by Crippen LogP contribution is 2.35. The van der Waals surface area contributed by atoms with E-state index in [2.05, 4.69) is 16.0 Å². The van der Waals surface area contributed by atoms with E-state index in [0.717, 1.165) is 15.4 Å². The molecule has 0 aromatic heterocycles. The van der Waals surface area contributed by atoms with Gasteiger partial charge in [0.2, 0.25) is 23.6 Å². The molecule has 4 rings (SSSR count). The van der Waals surface area contributed by atoms with Crippen molar-refractivity contribution in [3.05, 3.63) is 71.8 Å². The van der Waals surface area contributed by atoms with Crippen molar-refractivity contribution in [3.63, 3.8) is 0 Å². The van der Waals surface area contributed by atoms with Gasteiger partial charge in [-0.1, -0.05) is 74.5 Å². The molecule has 2 heterocycles. The molecule has 2 aromatic carbocycles. The molecule has 4 amide bonds. The summed E-state index contributed by atoms with van der Waals surface area (Å²) >= 11 is 0. The molecule has 15 heteroatoms. The second-order valence-corrected chi connectivity index (χ2v) is 16.6. The molecule has 286 valence electrons. The maximum atomic E-state index is 14.0. The van der Waals surface area contributed by atoms with Gasteiger partial charge in [-0.15, -0.1) is 0 Å². The number of unbranched alkanes of at least 4 members (excludes halogenated alkanes) is 1. The third-order valence-corrected chi connectivity index (χ3v) is 11.5. The number of nitrogens with zero attached hydrogens (tertiary/aromatic N) is 3. The van der Waals surface area contributed by atoms with Gasteiger partial charge in [0.1, 0.15) is 18.1 Å². The fraction of sp³-hybridized carbons (Fsp3) is 0.568. The van der Waals surface area contributed by atoms with Crippen molar-refractivity contribution in [1.82, 2.24) is 29.5 Å². The maximum absolute atomic E-state index is 14.0. The topological polar surface area (TPSA) is 200 Å². The van der Waals surface area contributed by atoms with Crippen LogP contribution in [0.15, 0.2) is 60.7 Å². The number of hydrogen-bond donors (Lipinski definition) is 5. The summed E-state index contributed by atoms with van der Waals surface area (Å²) in [6.07, 6.45) is 3.01. The molecule has 2 bridgehead atoms. The van der Waals surface area contributed by atoms with Crippen LogP contribution in [0.5, 0.6) is 0 Å². The van der Waals surface area contributed by atoms with Gasteiger partial charge in [-0.25, -0.2) is 0 Å². The van der Waals surface area contributed by atoms with Crippen molar-refractivity contribution in [3.8, 4) is 0 Å². The van der Waals surface area contributed by atoms with Crippen LogP contribution in [-0.4, -0.2) is 116 Å². The standard InChI is InChI=1S/C37H56N8O6S/c1-25(2)19-32(42-36(48)33(21-27-15-9-6-10-16-27)41-34(46)30(39)20-26-13-7-5-8-14-26)35(47)40-31(17-11-12-18-38)37(49)45-28-22-29(45)24-44(23-28)52(50,51)43(3)4/h5-10,13-16,25,28-33H,11-12,17-24,38-39H2,1-4H3,(H,40,47)(H,41,46)(H,42,48). The number of rotatable bonds is 19. The lowest BCUT2D eigenvalue weighted by Crippen LogP contribution is -2.73. The zero-order chi connectivity index (χ0) is 38.0. The lowest BCUT2D eigenvalue weighted by molar-refractivity contribution is -0.154. The Labute approximate surface area is 308 Å². The first-order chi connectivity index (χ1) is 24.7. The Morgan fingerprint density at radius 1 is 0.788 bits per heavy atom. The molecule has 52 heavy (non-hydrogen) atoms. The number of piperidine rings is 1. The second-order valence-electron chi connectivity index (χ2n) is 14.5. The average Bonchev–Trinajstić information content (AvgIpc) is 3.11. The van der Waals surface area contributed by atoms with Crippen molar-refractivity contribution in [2.75, 3.05) is 33.7 Å². The molecule has 2 aromatic rings. The van der Waals surface area contributed by atoms with Crippen molar-refractivity contribution in [1.29, 1.82) is 0 Å². The van der Waals surface area contributed by atoms with Gasteiger partial charge in [-0.05, 0) is 62.1 Å². The zero-order valence-corrected chi connectivity index (χ0v) is 31.6. The van der Waals surface area contributed by atoms with E-state index in [1.807, 2.05) is 74.5 Å². The molecule has 14 nitrogen and oxygen atoms in total. The van der Waals surface area contributed by atoms with Crippen LogP contribution < -0.4 is 27.4 Å². The van der Waals surface area contributed by atoms with Gasteiger partial charge in [-0.3, -0.25) is 19.2 Å². The predicted octanol–water partition coefficient (Wildman–Crippen LogP) is 0.520. The molecule has 0 aliphatic carbocycles. The Morgan fingerprint density at radius 3 is 1.85 bits per heavy atom. The van der Waals surface area contributed by atoms with Gasteiger partial charge in [0, 0.05) is 45.7 Å². The summed E-state index contributed by atoms with van der Waals surface area (Å²) in [5, 5.41) is 8.62. The number of carbonyl (C=O) groups excluding carboxylic acids is 4. The van der Waals surface area contributed by atoms with Crippen LogP contribution in [0.3, 0.4) is 0 Å². The van der Waals surface area contributed by atoms with E-state index in [0.29, 0.717) is 32.2 Å². The Bertz CT molecular complexity index is 1600. The van der Waals surface area contributed by atoms with E-state index in [9.17, 15) is 27.6 Å². The van der Waals surface area contributed by atoms with Gasteiger partial charge in [0.25, 0.3) is 10.2 Å². The van der Waals surface area contributed by atoms with E-state index < -0.39 is 52.1 Å². The molecule has 2 saturated heterocycles. The van der Waals surface area contributed by atoms with Crippen molar-refractivity contribution in [2.24, 2.45) is 17.4 Å². The number of nitrogens with one attached hydrogen (secondary N) is 3. The molecule has 0 spiro atoms. The molecule has 2 aliphatic rings. The van der Waals surface area contributed by atoms with Gasteiger partial charge in [0.15, 0.2) is 0 Å². The maximum Gasteiger partial charge on any atom is 0.281 e. The number of benzene rings is 2. The summed E-state index contributed by atoms with van der Waals surface area (Å²) in [6, 6.07) is 14.2. The average molecular weight is 741 g/mol. The molecule has 0 saturated carbocycles. The zero-order valence-electron chi connectivity index (χ0n) is 30.7. The summed E-state index contributed by atoms with van der Waals surface area (Å²) in [5.74, 6) is -1.82. The molecule has 6 unspecified atom stereocenters. The predicted molar refractivity (Wildman–Crippen MR) is 200 cm³/mol. The molecule has 2 fully saturated rings. The van der Waals surface area contributed by atoms with Gasteiger partial charge in [-0.2, -0.15) is 17.0 Å². The van der Waals surface area contributed by atoms with Gasteiger partial charge >= 0.3 is 0 Å². The summed E-state index contributed by atoms with van der Waals surface area (Å²) in [6.45, 7) is 4.65. The van der Waals surface area contributed by atoms with Crippen LogP contribution in [0.25, 0.3) is 0 Å². The highest BCUT2D eigenvalue weighted by Gasteiger charge is 2.51. The Kier molecular flexibility index (Phi) is 14.7. The summed E-state index contributed by atoms with van der Waals surface area (Å²) < 4.78 is 28.1. The quantitative estimate of drug-likeness (QED) is 0.128. The number of nitrogens with two attached hydrogens (primary N) is 2. The third kappa shape index (κ3) is 10.8. The molecular weight excluding hydrogens is 685 g/mol. The number of carbonyl (C=O) groups is 4. The van der Waals surface area contributed by atoms with Crippen LogP contribution in [0, 0.1) is 5.92 Å². The highest BCUT2D eigenvalue weighted by atomic mass is 32.2. The van der Waals surface area contributed by atoms with Crippen LogP contribution in [0.2, 0.25) is 0 Å². The van der Waals surface area contributed by atoms with Crippen LogP contribution in [0.4, 0.5) is 0 Å². The van der Waals surface area contributed by atoms with Gasteiger partial charge < -0.3 is 32.3 Å². The fourth-order valence-electron chi connectivity index (χ4n) is 6.83. The summed E-state index contributed by atoms with van der Waals surface area (Å²) in [7, 11) is -0.668. The van der Waals surface area contributed by atoms with E-state index in [1.54, 1.807) is 4.90 Å². The van der Waals surface area contributed by atoms with Crippen molar-refractivity contribution in [2.45, 2.75) is 95.0 Å². The molecule has 7 N–H and O–H groups in total. The lowest BCUT2D eigenvalue weighted by atomic mass is 9.87. The van der Waals surface area contributed by atoms with Gasteiger partial charge in [0.05, 0.1) is 6.04 Å². The lowest BCUT2D eigenvalue weighted by Gasteiger charge is -2.56. The molecular formula is C37H56N8O6S. The second kappa shape index (κ2) is 18.7. The monoisotopic (exact) mass is 740 g/mol. The summed E-state index contributed by atoms with van der Waals surface area (Å²) in [4.78, 5) is 57.0. The molecule has 6 atom stereocenters. The molecule has 2 aliphatic heterocycles. The van der Waals surface area contributed by atoms with E-state index >= 15 is 0 Å². The number of hydrogen-bond acceptors (Lipinski definition) is 8. The number of amides is 4. The Morgan fingerprint density at radius 2 is 1.31 bits per heavy atom. The Hall–Kier alpha value is -3.89. The number of fused-ring (bicyclic) bond motifs is 2. The fourth-order valence-corrected chi connectivity index (χ4v) is 8.01. The first-order valence-electron chi connectivity index (χ1n) is 18.2. The molecule has 0 radical (unpaired) electrons.